The van der Waals surface area contributed by atoms with Gasteiger partial charge in [-0.2, -0.15) is 0 Å². The van der Waals surface area contributed by atoms with Gasteiger partial charge in [-0.3, -0.25) is 19.2 Å². The maximum absolute atomic E-state index is 12.5. The second kappa shape index (κ2) is 27.2. The van der Waals surface area contributed by atoms with E-state index in [1.54, 1.807) is 0 Å². The van der Waals surface area contributed by atoms with Crippen LogP contribution in [-0.4, -0.2) is 128 Å². The van der Waals surface area contributed by atoms with Gasteiger partial charge in [-0.1, -0.05) is 0 Å². The van der Waals surface area contributed by atoms with E-state index in [1.807, 2.05) is 0 Å². The number of hydrogen-bond donors (Lipinski definition) is 12. The van der Waals surface area contributed by atoms with Crippen LogP contribution in [0.5, 0.6) is 0 Å². The van der Waals surface area contributed by atoms with Gasteiger partial charge in [0, 0.05) is 36.6 Å². The second-order valence-corrected chi connectivity index (χ2v) is 11.6. The number of aliphatic carboxylic acids is 2. The third-order valence-corrected chi connectivity index (χ3v) is 7.39. The first kappa shape index (κ1) is 48.5. The molecule has 6 atom stereocenters. The number of nitrogens with two attached hydrogens (primary N) is 4. The number of H-pyrrole nitrogens is 2. The first-order valence-electron chi connectivity index (χ1n) is 16.5. The van der Waals surface area contributed by atoms with Crippen LogP contribution in [0.4, 0.5) is 0 Å². The fourth-order valence-corrected chi connectivity index (χ4v) is 4.40. The van der Waals surface area contributed by atoms with Crippen LogP contribution in [0.3, 0.4) is 0 Å². The fraction of sp³-hybridized carbons (Fsp3) is 0.600. The van der Waals surface area contributed by atoms with Gasteiger partial charge in [-0.25, -0.2) is 9.97 Å². The predicted octanol–water partition coefficient (Wildman–Crippen LogP) is -7.76. The van der Waals surface area contributed by atoms with E-state index in [-0.39, 0.29) is 42.8 Å². The Balaban J connectivity index is 0.00000100. The predicted molar refractivity (Wildman–Crippen MR) is 178 cm³/mol. The van der Waals surface area contributed by atoms with Crippen LogP contribution in [0.2, 0.25) is 0 Å². The average Bonchev–Trinajstić information content (AvgIpc) is 3.84. The number of unbranched alkanes of at least 4 members (excludes halogenated alkanes) is 2. The van der Waals surface area contributed by atoms with Crippen molar-refractivity contribution in [2.24, 2.45) is 22.9 Å². The fourth-order valence-electron chi connectivity index (χ4n) is 4.40. The summed E-state index contributed by atoms with van der Waals surface area (Å²) >= 11 is 0. The van der Waals surface area contributed by atoms with Gasteiger partial charge in [0.1, 0.15) is 24.2 Å². The monoisotopic (exact) mass is 801 g/mol. The first-order valence-corrected chi connectivity index (χ1v) is 16.5. The zero-order valence-electron chi connectivity index (χ0n) is 28.9. The standard InChI is InChI=1S/2C15H26N6O5.Cu/c2*16-4-2-1-3-11(15(25)26)20-14(24)12(5-9-6-18-8-19-9)21-13(23)10(17)7-22;/h2*6,8,10-12,22H,1-5,7,16-17H2,(H,18,19)(H,20,24)(H,21,23)(H,25,26);/q;;+2/p-2/t2*10-,11-,12-;/m00./s1. The van der Waals surface area contributed by atoms with Gasteiger partial charge >= 0.3 is 17.1 Å². The van der Waals surface area contributed by atoms with E-state index >= 15 is 0 Å². The maximum atomic E-state index is 12.5. The molecule has 2 aromatic rings. The number of rotatable bonds is 24. The Morgan fingerprint density at radius 2 is 0.962 bits per heavy atom. The number of carbonyl (C=O) groups excluding carboxylic acids is 6. The summed E-state index contributed by atoms with van der Waals surface area (Å²) in [7, 11) is 0. The maximum Gasteiger partial charge on any atom is 2.00 e. The summed E-state index contributed by atoms with van der Waals surface area (Å²) in [5, 5.41) is 49.9. The van der Waals surface area contributed by atoms with Crippen LogP contribution in [-0.2, 0) is 58.7 Å². The van der Waals surface area contributed by atoms with Crippen molar-refractivity contribution in [1.29, 1.82) is 0 Å². The smallest absolute Gasteiger partial charge is 0.548 e. The van der Waals surface area contributed by atoms with E-state index in [4.69, 9.17) is 33.1 Å². The van der Waals surface area contributed by atoms with Crippen molar-refractivity contribution < 1.29 is 66.3 Å². The minimum atomic E-state index is -1.42. The number of carboxylic acid groups (broad SMARTS) is 2. The number of carbonyl (C=O) groups is 6. The summed E-state index contributed by atoms with van der Waals surface area (Å²) in [4.78, 5) is 84.5. The molecule has 2 aromatic heterocycles. The van der Waals surface area contributed by atoms with Gasteiger partial charge in [-0.05, 0) is 51.6 Å². The van der Waals surface area contributed by atoms with Gasteiger partial charge in [-0.15, -0.1) is 0 Å². The molecule has 301 valence electrons. The molecule has 53 heavy (non-hydrogen) atoms. The second-order valence-electron chi connectivity index (χ2n) is 11.6. The zero-order chi connectivity index (χ0) is 39.1. The zero-order valence-corrected chi connectivity index (χ0v) is 29.9. The molecule has 23 heteroatoms. The Labute approximate surface area is 315 Å². The third-order valence-electron chi connectivity index (χ3n) is 7.39. The van der Waals surface area contributed by atoms with E-state index in [9.17, 15) is 39.0 Å². The van der Waals surface area contributed by atoms with Crippen LogP contribution >= 0.6 is 0 Å². The molecule has 0 aromatic carbocycles. The van der Waals surface area contributed by atoms with Crippen LogP contribution in [0.1, 0.15) is 49.9 Å². The molecule has 0 saturated carbocycles. The van der Waals surface area contributed by atoms with Crippen molar-refractivity contribution >= 4 is 35.6 Å². The number of nitrogens with zero attached hydrogens (tertiary/aromatic N) is 2. The number of imidazole rings is 2. The molecular formula is C30H50CuN12O10. The largest absolute Gasteiger partial charge is 2.00 e. The van der Waals surface area contributed by atoms with Gasteiger partial charge in [0.15, 0.2) is 0 Å². The summed E-state index contributed by atoms with van der Waals surface area (Å²) in [6, 6.07) is -7.01. The van der Waals surface area contributed by atoms with Crippen LogP contribution in [0.25, 0.3) is 0 Å². The molecule has 0 fully saturated rings. The molecule has 22 nitrogen and oxygen atoms in total. The normalized spacial score (nSPS) is 14.0. The molecule has 1 radical (unpaired) electrons. The minimum Gasteiger partial charge on any atom is -0.548 e. The molecule has 0 bridgehead atoms. The van der Waals surface area contributed by atoms with Crippen LogP contribution in [0.15, 0.2) is 25.0 Å². The van der Waals surface area contributed by atoms with Crippen LogP contribution in [0, 0.1) is 0 Å². The summed E-state index contributed by atoms with van der Waals surface area (Å²) < 4.78 is 0. The molecule has 0 spiro atoms. The topological polar surface area (TPSA) is 399 Å². The average molecular weight is 802 g/mol. The molecular weight excluding hydrogens is 752 g/mol. The van der Waals surface area contributed by atoms with E-state index < -0.39 is 85.0 Å². The molecule has 0 aliphatic rings. The first-order chi connectivity index (χ1) is 24.8. The molecule has 16 N–H and O–H groups in total. The molecule has 2 rings (SSSR count). The molecule has 0 aliphatic carbocycles. The van der Waals surface area contributed by atoms with Crippen molar-refractivity contribution in [3.63, 3.8) is 0 Å². The van der Waals surface area contributed by atoms with E-state index in [0.29, 0.717) is 50.2 Å². The quantitative estimate of drug-likeness (QED) is 0.0346. The molecule has 0 saturated heterocycles. The Hall–Kier alpha value is -4.48. The number of aliphatic hydroxyl groups is 2. The number of aliphatic hydroxyl groups excluding tert-OH is 2. The molecule has 0 unspecified atom stereocenters. The number of aromatic amines is 2. The van der Waals surface area contributed by atoms with Crippen molar-refractivity contribution in [2.45, 2.75) is 87.6 Å². The summed E-state index contributed by atoms with van der Waals surface area (Å²) in [6.07, 6.45) is 8.37. The summed E-state index contributed by atoms with van der Waals surface area (Å²) in [5.74, 6) is -5.73. The van der Waals surface area contributed by atoms with Crippen LogP contribution < -0.4 is 54.4 Å². The number of carboxylic acids is 2. The van der Waals surface area contributed by atoms with E-state index in [1.165, 1.54) is 25.0 Å². The van der Waals surface area contributed by atoms with Crippen molar-refractivity contribution in [3.05, 3.63) is 36.4 Å². The number of nitrogens with one attached hydrogen (secondary N) is 6. The van der Waals surface area contributed by atoms with E-state index in [2.05, 4.69) is 41.2 Å². The SMILES string of the molecule is NCCCC[C@H](NC(=O)[C@H](Cc1cnc[nH]1)NC(=O)[C@@H](N)CO)C(=O)[O-].NCCCC[C@H](NC(=O)[C@H](Cc1cnc[nH]1)NC(=O)[C@@H](N)CO)C(=O)[O-].[Cu+2]. The van der Waals surface area contributed by atoms with Crippen molar-refractivity contribution in [3.8, 4) is 0 Å². The van der Waals surface area contributed by atoms with Crippen molar-refractivity contribution in [2.75, 3.05) is 26.3 Å². The Kier molecular flexibility index (Phi) is 24.9. The minimum absolute atomic E-state index is 0. The van der Waals surface area contributed by atoms with Gasteiger partial charge in [0.05, 0.1) is 49.9 Å². The summed E-state index contributed by atoms with van der Waals surface area (Å²) in [5.41, 5.74) is 22.7. The van der Waals surface area contributed by atoms with Crippen molar-refractivity contribution in [1.82, 2.24) is 41.2 Å². The molecule has 2 heterocycles. The number of amides is 4. The Morgan fingerprint density at radius 1 is 0.623 bits per heavy atom. The van der Waals surface area contributed by atoms with Gasteiger partial charge in [0.2, 0.25) is 23.6 Å². The molecule has 4 amide bonds. The Bertz CT molecular complexity index is 1270. The Morgan fingerprint density at radius 3 is 1.23 bits per heavy atom. The van der Waals surface area contributed by atoms with Gasteiger partial charge < -0.3 is 84.2 Å². The van der Waals surface area contributed by atoms with Gasteiger partial charge in [0.25, 0.3) is 0 Å². The number of hydrogen-bond acceptors (Lipinski definition) is 16. The molecule has 0 aliphatic heterocycles. The number of aromatic nitrogens is 4. The third kappa shape index (κ3) is 19.2. The summed E-state index contributed by atoms with van der Waals surface area (Å²) in [6.45, 7) is -0.369. The van der Waals surface area contributed by atoms with E-state index in [0.717, 1.165) is 0 Å².